The molecule has 0 aliphatic carbocycles. The third-order valence-corrected chi connectivity index (χ3v) is 2.18. The Labute approximate surface area is 96.7 Å². The van der Waals surface area contributed by atoms with Crippen molar-refractivity contribution in [3.63, 3.8) is 0 Å². The van der Waals surface area contributed by atoms with E-state index in [1.54, 1.807) is 7.11 Å². The van der Waals surface area contributed by atoms with Gasteiger partial charge >= 0.3 is 0 Å². The van der Waals surface area contributed by atoms with Gasteiger partial charge in [0.2, 0.25) is 0 Å². The van der Waals surface area contributed by atoms with Gasteiger partial charge in [0.25, 0.3) is 0 Å². The van der Waals surface area contributed by atoms with Crippen LogP contribution in [-0.4, -0.2) is 26.4 Å². The zero-order valence-corrected chi connectivity index (χ0v) is 10.1. The SMILES string of the molecule is CCOc1cccc(NC(C)COC)c1N. The van der Waals surface area contributed by atoms with Crippen LogP contribution in [0.2, 0.25) is 0 Å². The average molecular weight is 224 g/mol. The van der Waals surface area contributed by atoms with Gasteiger partial charge in [-0.05, 0) is 26.0 Å². The first-order chi connectivity index (χ1) is 7.69. The van der Waals surface area contributed by atoms with E-state index in [4.69, 9.17) is 15.2 Å². The highest BCUT2D eigenvalue weighted by molar-refractivity contribution is 5.73. The summed E-state index contributed by atoms with van der Waals surface area (Å²) in [5.74, 6) is 0.720. The molecule has 1 rings (SSSR count). The number of methoxy groups -OCH3 is 1. The molecule has 1 aromatic carbocycles. The molecule has 1 aromatic rings. The fourth-order valence-corrected chi connectivity index (χ4v) is 1.51. The van der Waals surface area contributed by atoms with Crippen molar-refractivity contribution in [2.24, 2.45) is 0 Å². The van der Waals surface area contributed by atoms with Crippen LogP contribution in [0.25, 0.3) is 0 Å². The van der Waals surface area contributed by atoms with Crippen LogP contribution in [-0.2, 0) is 4.74 Å². The van der Waals surface area contributed by atoms with Gasteiger partial charge in [-0.15, -0.1) is 0 Å². The molecule has 0 saturated carbocycles. The zero-order valence-electron chi connectivity index (χ0n) is 10.1. The molecule has 16 heavy (non-hydrogen) atoms. The minimum Gasteiger partial charge on any atom is -0.492 e. The van der Waals surface area contributed by atoms with Crippen molar-refractivity contribution in [3.05, 3.63) is 18.2 Å². The number of nitrogens with two attached hydrogens (primary N) is 1. The van der Waals surface area contributed by atoms with E-state index in [1.165, 1.54) is 0 Å². The molecule has 3 N–H and O–H groups in total. The van der Waals surface area contributed by atoms with Crippen LogP contribution in [0.3, 0.4) is 0 Å². The third kappa shape index (κ3) is 3.31. The van der Waals surface area contributed by atoms with Gasteiger partial charge in [0.05, 0.1) is 24.6 Å². The Balaban J connectivity index is 2.76. The average Bonchev–Trinajstić information content (AvgIpc) is 2.24. The molecule has 0 heterocycles. The molecule has 0 spiro atoms. The van der Waals surface area contributed by atoms with Gasteiger partial charge in [0.15, 0.2) is 0 Å². The molecule has 0 aromatic heterocycles. The molecule has 0 bridgehead atoms. The monoisotopic (exact) mass is 224 g/mol. The second kappa shape index (κ2) is 6.23. The Morgan fingerprint density at radius 1 is 1.44 bits per heavy atom. The maximum atomic E-state index is 5.99. The Bertz CT molecular complexity index is 329. The highest BCUT2D eigenvalue weighted by Crippen LogP contribution is 2.29. The van der Waals surface area contributed by atoms with Crippen molar-refractivity contribution < 1.29 is 9.47 Å². The summed E-state index contributed by atoms with van der Waals surface area (Å²) < 4.78 is 10.5. The fraction of sp³-hybridized carbons (Fsp3) is 0.500. The van der Waals surface area contributed by atoms with E-state index in [-0.39, 0.29) is 6.04 Å². The van der Waals surface area contributed by atoms with Crippen LogP contribution < -0.4 is 15.8 Å². The van der Waals surface area contributed by atoms with E-state index < -0.39 is 0 Å². The summed E-state index contributed by atoms with van der Waals surface area (Å²) in [6.07, 6.45) is 0. The third-order valence-electron chi connectivity index (χ3n) is 2.18. The summed E-state index contributed by atoms with van der Waals surface area (Å²) >= 11 is 0. The number of anilines is 2. The second-order valence-electron chi connectivity index (χ2n) is 3.65. The molecule has 0 radical (unpaired) electrons. The topological polar surface area (TPSA) is 56.5 Å². The molecule has 4 nitrogen and oxygen atoms in total. The number of nitrogen functional groups attached to an aromatic ring is 1. The number of benzene rings is 1. The molecule has 4 heteroatoms. The Morgan fingerprint density at radius 2 is 2.19 bits per heavy atom. The van der Waals surface area contributed by atoms with Gasteiger partial charge in [0, 0.05) is 13.2 Å². The van der Waals surface area contributed by atoms with Crippen molar-refractivity contribution >= 4 is 11.4 Å². The van der Waals surface area contributed by atoms with Crippen LogP contribution in [0.1, 0.15) is 13.8 Å². The van der Waals surface area contributed by atoms with Crippen molar-refractivity contribution in [1.29, 1.82) is 0 Å². The number of hydrogen-bond donors (Lipinski definition) is 2. The lowest BCUT2D eigenvalue weighted by atomic mass is 10.2. The highest BCUT2D eigenvalue weighted by atomic mass is 16.5. The van der Waals surface area contributed by atoms with Gasteiger partial charge in [-0.1, -0.05) is 6.07 Å². The quantitative estimate of drug-likeness (QED) is 0.727. The largest absolute Gasteiger partial charge is 0.492 e. The first kappa shape index (κ1) is 12.6. The molecule has 1 unspecified atom stereocenters. The van der Waals surface area contributed by atoms with E-state index in [9.17, 15) is 0 Å². The van der Waals surface area contributed by atoms with Crippen LogP contribution in [0, 0.1) is 0 Å². The summed E-state index contributed by atoms with van der Waals surface area (Å²) in [4.78, 5) is 0. The lowest BCUT2D eigenvalue weighted by Gasteiger charge is -2.17. The maximum absolute atomic E-state index is 5.99. The normalized spacial score (nSPS) is 12.2. The van der Waals surface area contributed by atoms with E-state index in [0.29, 0.717) is 18.9 Å². The van der Waals surface area contributed by atoms with Crippen LogP contribution in [0.4, 0.5) is 11.4 Å². The van der Waals surface area contributed by atoms with Gasteiger partial charge in [-0.25, -0.2) is 0 Å². The fourth-order valence-electron chi connectivity index (χ4n) is 1.51. The summed E-state index contributed by atoms with van der Waals surface area (Å²) in [7, 11) is 1.68. The Morgan fingerprint density at radius 3 is 2.81 bits per heavy atom. The van der Waals surface area contributed by atoms with Crippen molar-refractivity contribution in [2.45, 2.75) is 19.9 Å². The van der Waals surface area contributed by atoms with Crippen molar-refractivity contribution in [1.82, 2.24) is 0 Å². The second-order valence-corrected chi connectivity index (χ2v) is 3.65. The number of nitrogens with one attached hydrogen (secondary N) is 1. The predicted molar refractivity (Wildman–Crippen MR) is 67.0 cm³/mol. The summed E-state index contributed by atoms with van der Waals surface area (Å²) in [6, 6.07) is 5.93. The smallest absolute Gasteiger partial charge is 0.144 e. The molecule has 1 atom stereocenters. The molecule has 0 aliphatic rings. The molecule has 0 aliphatic heterocycles. The van der Waals surface area contributed by atoms with E-state index in [2.05, 4.69) is 5.32 Å². The first-order valence-corrected chi connectivity index (χ1v) is 5.45. The lowest BCUT2D eigenvalue weighted by Crippen LogP contribution is -2.21. The van der Waals surface area contributed by atoms with Crippen LogP contribution in [0.5, 0.6) is 5.75 Å². The predicted octanol–water partition coefficient (Wildman–Crippen LogP) is 2.11. The minimum atomic E-state index is 0.212. The molecule has 0 saturated heterocycles. The van der Waals surface area contributed by atoms with Gasteiger partial charge < -0.3 is 20.5 Å². The highest BCUT2D eigenvalue weighted by Gasteiger charge is 2.08. The number of rotatable bonds is 6. The molecule has 0 amide bonds. The minimum absolute atomic E-state index is 0.212. The summed E-state index contributed by atoms with van der Waals surface area (Å²) in [5, 5.41) is 3.28. The molecule has 90 valence electrons. The number of ether oxygens (including phenoxy) is 2. The maximum Gasteiger partial charge on any atom is 0.144 e. The summed E-state index contributed by atoms with van der Waals surface area (Å²) in [5.41, 5.74) is 7.52. The van der Waals surface area contributed by atoms with Gasteiger partial charge in [-0.2, -0.15) is 0 Å². The van der Waals surface area contributed by atoms with Gasteiger partial charge in [-0.3, -0.25) is 0 Å². The first-order valence-electron chi connectivity index (χ1n) is 5.45. The Kier molecular flexibility index (Phi) is 4.92. The van der Waals surface area contributed by atoms with Gasteiger partial charge in [0.1, 0.15) is 5.75 Å². The van der Waals surface area contributed by atoms with Crippen molar-refractivity contribution in [3.8, 4) is 5.75 Å². The molecule has 0 fully saturated rings. The Hall–Kier alpha value is -1.42. The van der Waals surface area contributed by atoms with E-state index in [0.717, 1.165) is 11.4 Å². The van der Waals surface area contributed by atoms with E-state index >= 15 is 0 Å². The standard InChI is InChI=1S/C12H20N2O2/c1-4-16-11-7-5-6-10(12(11)13)14-9(2)8-15-3/h5-7,9,14H,4,8,13H2,1-3H3. The summed E-state index contributed by atoms with van der Waals surface area (Å²) in [6.45, 7) is 5.23. The van der Waals surface area contributed by atoms with Crippen LogP contribution >= 0.6 is 0 Å². The number of hydrogen-bond acceptors (Lipinski definition) is 4. The lowest BCUT2D eigenvalue weighted by molar-refractivity contribution is 0.190. The molecular weight excluding hydrogens is 204 g/mol. The van der Waals surface area contributed by atoms with Crippen LogP contribution in [0.15, 0.2) is 18.2 Å². The molecular formula is C12H20N2O2. The van der Waals surface area contributed by atoms with E-state index in [1.807, 2.05) is 32.0 Å². The zero-order chi connectivity index (χ0) is 12.0. The van der Waals surface area contributed by atoms with Crippen molar-refractivity contribution in [2.75, 3.05) is 31.4 Å². The number of para-hydroxylation sites is 1.